The Morgan fingerprint density at radius 1 is 0.679 bits per heavy atom. The predicted molar refractivity (Wildman–Crippen MR) is 107 cm³/mol. The molecule has 0 spiro atoms. The summed E-state index contributed by atoms with van der Waals surface area (Å²) in [5.74, 6) is -5.18. The van der Waals surface area contributed by atoms with Crippen LogP contribution in [0.3, 0.4) is 0 Å². The van der Waals surface area contributed by atoms with E-state index < -0.39 is 34.4 Å². The number of rotatable bonds is 8. The topological polar surface area (TPSA) is 0 Å². The van der Waals surface area contributed by atoms with Gasteiger partial charge in [-0.2, -0.15) is 0 Å². The van der Waals surface area contributed by atoms with Crippen molar-refractivity contribution < 1.29 is 17.6 Å². The Kier molecular flexibility index (Phi) is 7.68. The highest BCUT2D eigenvalue weighted by molar-refractivity contribution is 5.66. The molecule has 0 aliphatic rings. The van der Waals surface area contributed by atoms with Crippen molar-refractivity contribution in [2.45, 2.75) is 78.1 Å². The van der Waals surface area contributed by atoms with E-state index in [-0.39, 0.29) is 17.4 Å². The summed E-state index contributed by atoms with van der Waals surface area (Å²) in [6, 6.07) is 6.48. The molecule has 0 nitrogen and oxygen atoms in total. The molecule has 0 aromatic heterocycles. The Bertz CT molecular complexity index is 757. The molecule has 0 saturated carbocycles. The van der Waals surface area contributed by atoms with Crippen LogP contribution in [0.2, 0.25) is 0 Å². The molecule has 0 fully saturated rings. The molecule has 0 atom stereocenters. The quantitative estimate of drug-likeness (QED) is 0.241. The van der Waals surface area contributed by atoms with Gasteiger partial charge in [0.25, 0.3) is 0 Å². The van der Waals surface area contributed by atoms with Crippen LogP contribution in [0.15, 0.2) is 24.3 Å². The van der Waals surface area contributed by atoms with Crippen molar-refractivity contribution in [3.05, 3.63) is 58.7 Å². The number of benzene rings is 2. The number of unbranched alkanes of at least 4 members (excludes halogenated alkanes) is 5. The molecule has 2 rings (SSSR count). The van der Waals surface area contributed by atoms with E-state index in [9.17, 15) is 17.6 Å². The largest absolute Gasteiger partial charge is 0.203 e. The van der Waals surface area contributed by atoms with Crippen LogP contribution in [0.1, 0.15) is 77.3 Å². The Hall–Kier alpha value is -1.84. The highest BCUT2D eigenvalue weighted by Crippen LogP contribution is 2.34. The highest BCUT2D eigenvalue weighted by Gasteiger charge is 2.26. The van der Waals surface area contributed by atoms with Crippen LogP contribution in [-0.4, -0.2) is 0 Å². The summed E-state index contributed by atoms with van der Waals surface area (Å²) in [5.41, 5.74) is -0.153. The van der Waals surface area contributed by atoms with Crippen molar-refractivity contribution in [1.82, 2.24) is 0 Å². The van der Waals surface area contributed by atoms with Crippen molar-refractivity contribution in [3.8, 4) is 11.1 Å². The molecule has 0 aliphatic heterocycles. The SMILES string of the molecule is CCCCCCCCc1c(F)c(F)c(-c2ccc(C(C)(C)C)cc2)c(F)c1F. The first-order chi connectivity index (χ1) is 13.2. The summed E-state index contributed by atoms with van der Waals surface area (Å²) < 4.78 is 58.2. The minimum absolute atomic E-state index is 0.000867. The lowest BCUT2D eigenvalue weighted by molar-refractivity contribution is 0.439. The van der Waals surface area contributed by atoms with Crippen molar-refractivity contribution in [2.24, 2.45) is 0 Å². The van der Waals surface area contributed by atoms with Gasteiger partial charge < -0.3 is 0 Å². The fraction of sp³-hybridized carbons (Fsp3) is 0.500. The predicted octanol–water partition coefficient (Wildman–Crippen LogP) is 8.11. The normalized spacial score (nSPS) is 11.9. The second-order valence-corrected chi connectivity index (χ2v) is 8.45. The molecular formula is C24H30F4. The van der Waals surface area contributed by atoms with Crippen LogP contribution >= 0.6 is 0 Å². The summed E-state index contributed by atoms with van der Waals surface area (Å²) in [6.45, 7) is 8.15. The Morgan fingerprint density at radius 3 is 1.68 bits per heavy atom. The lowest BCUT2D eigenvalue weighted by atomic mass is 9.86. The molecule has 0 unspecified atom stereocenters. The van der Waals surface area contributed by atoms with E-state index in [1.165, 1.54) is 12.1 Å². The number of hydrogen-bond acceptors (Lipinski definition) is 0. The molecule has 0 radical (unpaired) electrons. The van der Waals surface area contributed by atoms with Crippen LogP contribution < -0.4 is 0 Å². The summed E-state index contributed by atoms with van der Waals surface area (Å²) in [7, 11) is 0. The monoisotopic (exact) mass is 394 g/mol. The Labute approximate surface area is 166 Å². The maximum atomic E-state index is 14.6. The van der Waals surface area contributed by atoms with E-state index in [0.29, 0.717) is 6.42 Å². The van der Waals surface area contributed by atoms with Crippen molar-refractivity contribution in [1.29, 1.82) is 0 Å². The third-order valence-electron chi connectivity index (χ3n) is 5.17. The van der Waals surface area contributed by atoms with Gasteiger partial charge >= 0.3 is 0 Å². The third-order valence-corrected chi connectivity index (χ3v) is 5.17. The Balaban J connectivity index is 2.26. The zero-order valence-electron chi connectivity index (χ0n) is 17.3. The first-order valence-corrected chi connectivity index (χ1v) is 10.1. The van der Waals surface area contributed by atoms with Crippen LogP contribution in [0.25, 0.3) is 11.1 Å². The molecule has 0 amide bonds. The second-order valence-electron chi connectivity index (χ2n) is 8.45. The molecule has 0 N–H and O–H groups in total. The number of hydrogen-bond donors (Lipinski definition) is 0. The van der Waals surface area contributed by atoms with Crippen LogP contribution in [0.5, 0.6) is 0 Å². The smallest absolute Gasteiger partial charge is 0.170 e. The summed E-state index contributed by atoms with van der Waals surface area (Å²) >= 11 is 0. The van der Waals surface area contributed by atoms with E-state index in [2.05, 4.69) is 6.92 Å². The van der Waals surface area contributed by atoms with Gasteiger partial charge in [-0.25, -0.2) is 17.6 Å². The molecule has 2 aromatic carbocycles. The lowest BCUT2D eigenvalue weighted by Crippen LogP contribution is -2.11. The number of halogens is 4. The van der Waals surface area contributed by atoms with Crippen LogP contribution in [0, 0.1) is 23.3 Å². The molecule has 0 saturated heterocycles. The van der Waals surface area contributed by atoms with Crippen molar-refractivity contribution >= 4 is 0 Å². The zero-order valence-corrected chi connectivity index (χ0v) is 17.3. The van der Waals surface area contributed by atoms with Crippen LogP contribution in [-0.2, 0) is 11.8 Å². The highest BCUT2D eigenvalue weighted by atomic mass is 19.2. The molecule has 0 bridgehead atoms. The average molecular weight is 394 g/mol. The van der Waals surface area contributed by atoms with Gasteiger partial charge in [-0.15, -0.1) is 0 Å². The van der Waals surface area contributed by atoms with Gasteiger partial charge in [0.15, 0.2) is 23.3 Å². The summed E-state index contributed by atoms with van der Waals surface area (Å²) in [5, 5.41) is 0. The van der Waals surface area contributed by atoms with Gasteiger partial charge in [-0.3, -0.25) is 0 Å². The van der Waals surface area contributed by atoms with E-state index >= 15 is 0 Å². The van der Waals surface area contributed by atoms with Crippen LogP contribution in [0.4, 0.5) is 17.6 Å². The van der Waals surface area contributed by atoms with Gasteiger partial charge in [0.05, 0.1) is 5.56 Å². The van der Waals surface area contributed by atoms with Gasteiger partial charge in [0.2, 0.25) is 0 Å². The molecule has 154 valence electrons. The fourth-order valence-electron chi connectivity index (χ4n) is 3.37. The first kappa shape index (κ1) is 22.4. The molecule has 0 heterocycles. The van der Waals surface area contributed by atoms with Gasteiger partial charge in [0.1, 0.15) is 0 Å². The van der Waals surface area contributed by atoms with E-state index in [1.807, 2.05) is 20.8 Å². The van der Waals surface area contributed by atoms with Gasteiger partial charge in [-0.05, 0) is 29.4 Å². The maximum Gasteiger partial charge on any atom is 0.170 e. The molecule has 4 heteroatoms. The second kappa shape index (κ2) is 9.58. The molecule has 2 aromatic rings. The standard InChI is InChI=1S/C24H30F4/c1-5-6-7-8-9-10-11-18-20(25)22(27)19(23(28)21(18)26)16-12-14-17(15-13-16)24(2,3)4/h12-15H,5-11H2,1-4H3. The minimum atomic E-state index is -1.32. The third kappa shape index (κ3) is 5.15. The van der Waals surface area contributed by atoms with E-state index in [4.69, 9.17) is 0 Å². The van der Waals surface area contributed by atoms with Gasteiger partial charge in [-0.1, -0.05) is 84.1 Å². The zero-order chi connectivity index (χ0) is 20.9. The van der Waals surface area contributed by atoms with E-state index in [0.717, 1.165) is 37.7 Å². The lowest BCUT2D eigenvalue weighted by Gasteiger charge is -2.19. The van der Waals surface area contributed by atoms with Crippen molar-refractivity contribution in [2.75, 3.05) is 0 Å². The minimum Gasteiger partial charge on any atom is -0.203 e. The molecular weight excluding hydrogens is 364 g/mol. The summed E-state index contributed by atoms with van der Waals surface area (Å²) in [6.07, 6.45) is 5.55. The fourth-order valence-corrected chi connectivity index (χ4v) is 3.37. The maximum absolute atomic E-state index is 14.6. The molecule has 0 aliphatic carbocycles. The van der Waals surface area contributed by atoms with Crippen molar-refractivity contribution in [3.63, 3.8) is 0 Å². The van der Waals surface area contributed by atoms with Gasteiger partial charge in [0, 0.05) is 5.56 Å². The molecule has 28 heavy (non-hydrogen) atoms. The van der Waals surface area contributed by atoms with E-state index in [1.54, 1.807) is 12.1 Å². The average Bonchev–Trinajstić information content (AvgIpc) is 2.65. The first-order valence-electron chi connectivity index (χ1n) is 10.1. The summed E-state index contributed by atoms with van der Waals surface area (Å²) in [4.78, 5) is 0. The Morgan fingerprint density at radius 2 is 1.18 bits per heavy atom.